The molecule has 1 aliphatic rings. The van der Waals surface area contributed by atoms with Crippen LogP contribution in [-0.4, -0.2) is 25.5 Å². The van der Waals surface area contributed by atoms with Crippen molar-refractivity contribution in [3.05, 3.63) is 29.8 Å². The first kappa shape index (κ1) is 16.0. The van der Waals surface area contributed by atoms with Crippen molar-refractivity contribution in [2.75, 3.05) is 19.7 Å². The molecule has 3 heteroatoms. The summed E-state index contributed by atoms with van der Waals surface area (Å²) in [6.07, 6.45) is 3.21. The molecule has 1 aromatic carbocycles. The Labute approximate surface area is 128 Å². The lowest BCUT2D eigenvalue weighted by molar-refractivity contribution is 0.0704. The van der Waals surface area contributed by atoms with Gasteiger partial charge < -0.3 is 10.1 Å². The lowest BCUT2D eigenvalue weighted by Gasteiger charge is -2.36. The molecular formula is C18H27NO2. The van der Waals surface area contributed by atoms with E-state index >= 15 is 0 Å². The zero-order valence-corrected chi connectivity index (χ0v) is 13.4. The van der Waals surface area contributed by atoms with Gasteiger partial charge in [0.2, 0.25) is 0 Å². The van der Waals surface area contributed by atoms with E-state index in [1.807, 2.05) is 24.3 Å². The molecule has 0 bridgehead atoms. The predicted octanol–water partition coefficient (Wildman–Crippen LogP) is 3.68. The summed E-state index contributed by atoms with van der Waals surface area (Å²) in [4.78, 5) is 13.0. The standard InChI is InChI=1S/C18H27NO2/c1-4-12-21-16-10-6-5-9-15(16)17(20)18(2,3)14-8-7-11-19-13-14/h5-6,9-10,14,19H,4,7-8,11-13H2,1-3H3. The third kappa shape index (κ3) is 3.65. The average Bonchev–Trinajstić information content (AvgIpc) is 2.53. The normalized spacial score (nSPS) is 19.3. The Kier molecular flexibility index (Phi) is 5.40. The van der Waals surface area contributed by atoms with Crippen LogP contribution in [0.5, 0.6) is 5.75 Å². The van der Waals surface area contributed by atoms with E-state index in [4.69, 9.17) is 4.74 Å². The average molecular weight is 289 g/mol. The molecule has 0 aliphatic carbocycles. The summed E-state index contributed by atoms with van der Waals surface area (Å²) in [5.74, 6) is 1.31. The Balaban J connectivity index is 2.21. The van der Waals surface area contributed by atoms with E-state index in [0.29, 0.717) is 12.5 Å². The van der Waals surface area contributed by atoms with Crippen molar-refractivity contribution in [2.45, 2.75) is 40.0 Å². The van der Waals surface area contributed by atoms with Crippen LogP contribution >= 0.6 is 0 Å². The van der Waals surface area contributed by atoms with Gasteiger partial charge in [0, 0.05) is 5.41 Å². The molecular weight excluding hydrogens is 262 g/mol. The number of Topliss-reactive ketones (excluding diaryl/α,β-unsaturated/α-hetero) is 1. The number of carbonyl (C=O) groups is 1. The first-order valence-corrected chi connectivity index (χ1v) is 8.04. The Morgan fingerprint density at radius 2 is 2.14 bits per heavy atom. The number of nitrogens with one attached hydrogen (secondary N) is 1. The fraction of sp³-hybridized carbons (Fsp3) is 0.611. The molecule has 0 amide bonds. The van der Waals surface area contributed by atoms with Crippen LogP contribution in [0.3, 0.4) is 0 Å². The van der Waals surface area contributed by atoms with E-state index in [-0.39, 0.29) is 11.2 Å². The molecule has 3 nitrogen and oxygen atoms in total. The van der Waals surface area contributed by atoms with Crippen LogP contribution in [0.4, 0.5) is 0 Å². The number of para-hydroxylation sites is 1. The van der Waals surface area contributed by atoms with Crippen LogP contribution in [0.1, 0.15) is 50.4 Å². The zero-order chi connectivity index (χ0) is 15.3. The van der Waals surface area contributed by atoms with Gasteiger partial charge in [-0.05, 0) is 50.4 Å². The fourth-order valence-corrected chi connectivity index (χ4v) is 2.99. The minimum Gasteiger partial charge on any atom is -0.493 e. The van der Waals surface area contributed by atoms with Crippen LogP contribution in [0.15, 0.2) is 24.3 Å². The lowest BCUT2D eigenvalue weighted by Crippen LogP contribution is -2.42. The first-order chi connectivity index (χ1) is 10.1. The molecule has 21 heavy (non-hydrogen) atoms. The number of ketones is 1. The topological polar surface area (TPSA) is 38.3 Å². The van der Waals surface area contributed by atoms with E-state index < -0.39 is 0 Å². The van der Waals surface area contributed by atoms with E-state index in [9.17, 15) is 4.79 Å². The second-order valence-electron chi connectivity index (χ2n) is 6.44. The molecule has 0 aromatic heterocycles. The maximum atomic E-state index is 13.0. The number of piperidine rings is 1. The van der Waals surface area contributed by atoms with Crippen molar-refractivity contribution in [3.63, 3.8) is 0 Å². The summed E-state index contributed by atoms with van der Waals surface area (Å²) in [6, 6.07) is 7.64. The second kappa shape index (κ2) is 7.08. The number of carbonyl (C=O) groups excluding carboxylic acids is 1. The molecule has 0 radical (unpaired) electrons. The van der Waals surface area contributed by atoms with Gasteiger partial charge in [-0.3, -0.25) is 4.79 Å². The molecule has 1 N–H and O–H groups in total. The van der Waals surface area contributed by atoms with Gasteiger partial charge in [-0.2, -0.15) is 0 Å². The summed E-state index contributed by atoms with van der Waals surface area (Å²) in [7, 11) is 0. The molecule has 1 fully saturated rings. The van der Waals surface area contributed by atoms with Crippen molar-refractivity contribution in [3.8, 4) is 5.75 Å². The highest BCUT2D eigenvalue weighted by Gasteiger charge is 2.38. The van der Waals surface area contributed by atoms with Crippen LogP contribution in [0.2, 0.25) is 0 Å². The van der Waals surface area contributed by atoms with Crippen LogP contribution in [-0.2, 0) is 0 Å². The minimum absolute atomic E-state index is 0.197. The maximum Gasteiger partial charge on any atom is 0.172 e. The largest absolute Gasteiger partial charge is 0.493 e. The van der Waals surface area contributed by atoms with Gasteiger partial charge in [0.15, 0.2) is 5.78 Å². The highest BCUT2D eigenvalue weighted by Crippen LogP contribution is 2.37. The Bertz CT molecular complexity index is 476. The monoisotopic (exact) mass is 289 g/mol. The van der Waals surface area contributed by atoms with E-state index in [0.717, 1.165) is 43.7 Å². The van der Waals surface area contributed by atoms with Crippen LogP contribution < -0.4 is 10.1 Å². The predicted molar refractivity (Wildman–Crippen MR) is 85.9 cm³/mol. The van der Waals surface area contributed by atoms with E-state index in [1.165, 1.54) is 0 Å². The minimum atomic E-state index is -0.362. The van der Waals surface area contributed by atoms with Gasteiger partial charge in [0.1, 0.15) is 5.75 Å². The van der Waals surface area contributed by atoms with Gasteiger partial charge in [0.05, 0.1) is 12.2 Å². The van der Waals surface area contributed by atoms with Crippen molar-refractivity contribution < 1.29 is 9.53 Å². The molecule has 1 saturated heterocycles. The summed E-state index contributed by atoms with van der Waals surface area (Å²) in [5.41, 5.74) is 0.362. The van der Waals surface area contributed by atoms with E-state index in [2.05, 4.69) is 26.1 Å². The van der Waals surface area contributed by atoms with Gasteiger partial charge in [-0.1, -0.05) is 32.9 Å². The van der Waals surface area contributed by atoms with E-state index in [1.54, 1.807) is 0 Å². The first-order valence-electron chi connectivity index (χ1n) is 8.04. The molecule has 1 aliphatic heterocycles. The van der Waals surface area contributed by atoms with Gasteiger partial charge in [-0.25, -0.2) is 0 Å². The third-order valence-corrected chi connectivity index (χ3v) is 4.50. The van der Waals surface area contributed by atoms with Crippen LogP contribution in [0, 0.1) is 11.3 Å². The van der Waals surface area contributed by atoms with Crippen molar-refractivity contribution >= 4 is 5.78 Å². The number of hydrogen-bond acceptors (Lipinski definition) is 3. The Morgan fingerprint density at radius 1 is 1.38 bits per heavy atom. The summed E-state index contributed by atoms with van der Waals surface area (Å²) in [5, 5.41) is 3.41. The molecule has 116 valence electrons. The third-order valence-electron chi connectivity index (χ3n) is 4.50. The smallest absolute Gasteiger partial charge is 0.172 e. The zero-order valence-electron chi connectivity index (χ0n) is 13.4. The lowest BCUT2D eigenvalue weighted by atomic mass is 9.70. The van der Waals surface area contributed by atoms with Crippen LogP contribution in [0.25, 0.3) is 0 Å². The Hall–Kier alpha value is -1.35. The molecule has 2 rings (SSSR count). The van der Waals surface area contributed by atoms with Gasteiger partial charge in [-0.15, -0.1) is 0 Å². The highest BCUT2D eigenvalue weighted by atomic mass is 16.5. The molecule has 0 spiro atoms. The molecule has 0 saturated carbocycles. The maximum absolute atomic E-state index is 13.0. The van der Waals surface area contributed by atoms with Crippen molar-refractivity contribution in [1.29, 1.82) is 0 Å². The number of rotatable bonds is 6. The quantitative estimate of drug-likeness (QED) is 0.812. The Morgan fingerprint density at radius 3 is 2.81 bits per heavy atom. The van der Waals surface area contributed by atoms with Crippen molar-refractivity contribution in [1.82, 2.24) is 5.32 Å². The fourth-order valence-electron chi connectivity index (χ4n) is 2.99. The summed E-state index contributed by atoms with van der Waals surface area (Å²) >= 11 is 0. The highest BCUT2D eigenvalue weighted by molar-refractivity contribution is 6.02. The number of benzene rings is 1. The molecule has 1 aromatic rings. The summed E-state index contributed by atoms with van der Waals surface area (Å²) < 4.78 is 5.75. The SMILES string of the molecule is CCCOc1ccccc1C(=O)C(C)(C)C1CCCNC1. The van der Waals surface area contributed by atoms with Crippen molar-refractivity contribution in [2.24, 2.45) is 11.3 Å². The molecule has 1 unspecified atom stereocenters. The number of ether oxygens (including phenoxy) is 1. The van der Waals surface area contributed by atoms with Gasteiger partial charge >= 0.3 is 0 Å². The molecule has 1 heterocycles. The molecule has 1 atom stereocenters. The second-order valence-corrected chi connectivity index (χ2v) is 6.44. The number of hydrogen-bond donors (Lipinski definition) is 1. The summed E-state index contributed by atoms with van der Waals surface area (Å²) in [6.45, 7) is 8.86. The van der Waals surface area contributed by atoms with Gasteiger partial charge in [0.25, 0.3) is 0 Å².